The van der Waals surface area contributed by atoms with E-state index in [1.807, 2.05) is 27.7 Å². The molecule has 0 unspecified atom stereocenters. The average Bonchev–Trinajstić information content (AvgIpc) is 2.72. The lowest BCUT2D eigenvalue weighted by Crippen LogP contribution is -2.41. The Morgan fingerprint density at radius 2 is 1.95 bits per heavy atom. The molecule has 2 rings (SSSR count). The second-order valence-electron chi connectivity index (χ2n) is 5.60. The summed E-state index contributed by atoms with van der Waals surface area (Å²) >= 11 is 0. The van der Waals surface area contributed by atoms with Gasteiger partial charge in [-0.3, -0.25) is 4.98 Å². The van der Waals surface area contributed by atoms with Crippen molar-refractivity contribution in [3.8, 4) is 0 Å². The van der Waals surface area contributed by atoms with Crippen molar-refractivity contribution in [2.24, 2.45) is 5.89 Å². The zero-order valence-electron chi connectivity index (χ0n) is 20.6. The van der Waals surface area contributed by atoms with E-state index in [4.69, 9.17) is 21.6 Å². The highest BCUT2D eigenvalue weighted by Gasteiger charge is 2.51. The van der Waals surface area contributed by atoms with E-state index in [0.29, 0.717) is 5.46 Å². The Balaban J connectivity index is 2.53. The van der Waals surface area contributed by atoms with Gasteiger partial charge in [0.1, 0.15) is 0 Å². The van der Waals surface area contributed by atoms with E-state index in [2.05, 4.69) is 4.98 Å². The van der Waals surface area contributed by atoms with Gasteiger partial charge in [0.2, 0.25) is 0 Å². The molecule has 1 aliphatic rings. The lowest BCUT2D eigenvalue weighted by atomic mass is 9.79. The molecule has 1 aromatic rings. The van der Waals surface area contributed by atoms with E-state index in [9.17, 15) is 0 Å². The second-order valence-corrected chi connectivity index (χ2v) is 5.60. The van der Waals surface area contributed by atoms with Gasteiger partial charge in [0, 0.05) is 30.2 Å². The summed E-state index contributed by atoms with van der Waals surface area (Å²) in [7, 11) is -0.895. The molecule has 0 N–H and O–H groups in total. The number of hydrogen-bond acceptors (Lipinski definition) is 3. The molecule has 0 radical (unpaired) electrons. The smallest absolute Gasteiger partial charge is 0.399 e. The molecule has 1 fully saturated rings. The molecule has 0 spiro atoms. The van der Waals surface area contributed by atoms with Crippen LogP contribution in [0.5, 0.6) is 0 Å². The minimum absolute atomic E-state index is 0.304. The molecule has 0 atom stereocenters. The summed E-state index contributed by atoms with van der Waals surface area (Å²) in [4.78, 5) is 3.92. The fraction of sp³-hybridized carbons (Fsp3) is 0.667. The SMILES string of the molecule is [2H]C([2H])([2H])C([2H])(C([2H])([2H])[2H])C([2H])([2H])c1cncc(B2OC(C)(C)C(C)(C)O2)c1. The molecule has 0 aromatic carbocycles. The van der Waals surface area contributed by atoms with Gasteiger partial charge in [-0.25, -0.2) is 0 Å². The van der Waals surface area contributed by atoms with Crippen LogP contribution in [0.1, 0.15) is 59.3 Å². The molecular formula is C15H24BNO2. The first-order chi connectivity index (χ1) is 12.3. The molecule has 19 heavy (non-hydrogen) atoms. The fourth-order valence-electron chi connectivity index (χ4n) is 1.78. The van der Waals surface area contributed by atoms with Gasteiger partial charge < -0.3 is 9.31 Å². The first kappa shape index (κ1) is 6.73. The van der Waals surface area contributed by atoms with Crippen LogP contribution >= 0.6 is 0 Å². The minimum atomic E-state index is -3.41. The van der Waals surface area contributed by atoms with E-state index in [1.54, 1.807) is 0 Å². The van der Waals surface area contributed by atoms with Gasteiger partial charge in [0.05, 0.1) is 11.2 Å². The number of pyridine rings is 1. The standard InChI is InChI=1S/C15H24BNO2/c1-11(2)7-12-8-13(10-17-9-12)16-18-14(3,4)15(5,6)19-16/h8-11H,7H2,1-6H3/i1D3,2D3,7D2,11D. The summed E-state index contributed by atoms with van der Waals surface area (Å²) in [5, 5.41) is 0. The molecule has 0 aliphatic carbocycles. The number of nitrogens with zero attached hydrogens (tertiary/aromatic N) is 1. The molecule has 104 valence electrons. The number of hydrogen-bond donors (Lipinski definition) is 0. The van der Waals surface area contributed by atoms with Crippen molar-refractivity contribution in [1.29, 1.82) is 0 Å². The Bertz CT molecular complexity index is 716. The van der Waals surface area contributed by atoms with Crippen molar-refractivity contribution in [2.45, 2.75) is 59.0 Å². The van der Waals surface area contributed by atoms with Crippen molar-refractivity contribution in [3.05, 3.63) is 24.0 Å². The molecule has 0 bridgehead atoms. The Kier molecular flexibility index (Phi) is 1.74. The molecular weight excluding hydrogens is 237 g/mol. The molecule has 3 nitrogen and oxygen atoms in total. The Morgan fingerprint density at radius 1 is 1.32 bits per heavy atom. The maximum atomic E-state index is 8.29. The molecule has 1 aliphatic heterocycles. The third-order valence-corrected chi connectivity index (χ3v) is 3.55. The van der Waals surface area contributed by atoms with Gasteiger partial charge in [-0.15, -0.1) is 0 Å². The topological polar surface area (TPSA) is 31.4 Å². The van der Waals surface area contributed by atoms with Crippen LogP contribution in [-0.4, -0.2) is 23.3 Å². The second kappa shape index (κ2) is 4.91. The van der Waals surface area contributed by atoms with Crippen LogP contribution in [-0.2, 0) is 15.7 Å². The average molecular weight is 270 g/mol. The van der Waals surface area contributed by atoms with Crippen molar-refractivity contribution in [3.63, 3.8) is 0 Å². The molecule has 0 amide bonds. The van der Waals surface area contributed by atoms with Crippen LogP contribution in [0.2, 0.25) is 0 Å². The summed E-state index contributed by atoms with van der Waals surface area (Å²) in [6.45, 7) is 0.511. The first-order valence-electron chi connectivity index (χ1n) is 10.6. The van der Waals surface area contributed by atoms with Gasteiger partial charge in [-0.2, -0.15) is 0 Å². The lowest BCUT2D eigenvalue weighted by Gasteiger charge is -2.32. The quantitative estimate of drug-likeness (QED) is 0.791. The third kappa shape index (κ3) is 3.01. The van der Waals surface area contributed by atoms with Gasteiger partial charge >= 0.3 is 7.12 Å². The molecule has 1 aromatic heterocycles. The maximum Gasteiger partial charge on any atom is 0.496 e. The van der Waals surface area contributed by atoms with Crippen molar-refractivity contribution < 1.29 is 21.6 Å². The van der Waals surface area contributed by atoms with Crippen LogP contribution in [0.25, 0.3) is 0 Å². The Labute approximate surface area is 129 Å². The van der Waals surface area contributed by atoms with E-state index in [1.165, 1.54) is 12.3 Å². The normalized spacial score (nSPS) is 30.7. The highest BCUT2D eigenvalue weighted by Crippen LogP contribution is 2.36. The zero-order chi connectivity index (χ0) is 22.0. The van der Waals surface area contributed by atoms with E-state index in [0.717, 1.165) is 6.20 Å². The highest BCUT2D eigenvalue weighted by atomic mass is 16.7. The highest BCUT2D eigenvalue weighted by molar-refractivity contribution is 6.62. The van der Waals surface area contributed by atoms with Crippen LogP contribution in [0.15, 0.2) is 18.5 Å². The fourth-order valence-corrected chi connectivity index (χ4v) is 1.78. The third-order valence-electron chi connectivity index (χ3n) is 3.55. The van der Waals surface area contributed by atoms with Crippen LogP contribution < -0.4 is 5.46 Å². The minimum Gasteiger partial charge on any atom is -0.399 e. The van der Waals surface area contributed by atoms with Gasteiger partial charge in [-0.05, 0) is 45.5 Å². The molecule has 1 saturated heterocycles. The van der Waals surface area contributed by atoms with Gasteiger partial charge in [-0.1, -0.05) is 19.8 Å². The first-order valence-corrected chi connectivity index (χ1v) is 6.09. The van der Waals surface area contributed by atoms with E-state index < -0.39 is 44.3 Å². The van der Waals surface area contributed by atoms with Crippen LogP contribution in [0, 0.1) is 5.89 Å². The number of rotatable bonds is 3. The summed E-state index contributed by atoms with van der Waals surface area (Å²) < 4.78 is 81.8. The van der Waals surface area contributed by atoms with Gasteiger partial charge in [0.15, 0.2) is 0 Å². The summed E-state index contributed by atoms with van der Waals surface area (Å²) in [6, 6.07) is 1.25. The zero-order valence-corrected chi connectivity index (χ0v) is 11.6. The monoisotopic (exact) mass is 270 g/mol. The Morgan fingerprint density at radius 3 is 2.53 bits per heavy atom. The number of aromatic nitrogens is 1. The summed E-state index contributed by atoms with van der Waals surface area (Å²) in [5.41, 5.74) is -1.37. The summed E-state index contributed by atoms with van der Waals surface area (Å²) in [5.74, 6) is -3.40. The lowest BCUT2D eigenvalue weighted by molar-refractivity contribution is 0.00578. The molecule has 2 heterocycles. The van der Waals surface area contributed by atoms with E-state index in [-0.39, 0.29) is 5.56 Å². The molecule has 0 saturated carbocycles. The van der Waals surface area contributed by atoms with E-state index >= 15 is 0 Å². The maximum absolute atomic E-state index is 8.29. The van der Waals surface area contributed by atoms with Crippen LogP contribution in [0.3, 0.4) is 0 Å². The predicted molar refractivity (Wildman–Crippen MR) is 78.5 cm³/mol. The van der Waals surface area contributed by atoms with Crippen molar-refractivity contribution in [2.75, 3.05) is 0 Å². The Hall–Kier alpha value is -0.865. The predicted octanol–water partition coefficient (Wildman–Crippen LogP) is 2.58. The molecule has 4 heteroatoms. The largest absolute Gasteiger partial charge is 0.496 e. The summed E-state index contributed by atoms with van der Waals surface area (Å²) in [6.07, 6.45) is -0.663. The van der Waals surface area contributed by atoms with Crippen LogP contribution in [0.4, 0.5) is 0 Å². The van der Waals surface area contributed by atoms with Crippen molar-refractivity contribution >= 4 is 12.6 Å². The van der Waals surface area contributed by atoms with Gasteiger partial charge in [0.25, 0.3) is 0 Å². The van der Waals surface area contributed by atoms with Crippen molar-refractivity contribution in [1.82, 2.24) is 4.98 Å².